The van der Waals surface area contributed by atoms with Gasteiger partial charge in [0.05, 0.1) is 7.11 Å². The molecule has 20 heavy (non-hydrogen) atoms. The molecule has 110 valence electrons. The molecule has 1 fully saturated rings. The summed E-state index contributed by atoms with van der Waals surface area (Å²) in [6, 6.07) is 8.18. The lowest BCUT2D eigenvalue weighted by molar-refractivity contribution is -0.152. The second kappa shape index (κ2) is 5.47. The van der Waals surface area contributed by atoms with Gasteiger partial charge in [0.25, 0.3) is 0 Å². The summed E-state index contributed by atoms with van der Waals surface area (Å²) >= 11 is 0. The number of hydrogen-bond acceptors (Lipinski definition) is 3. The molecule has 1 aromatic rings. The number of nitrogens with one attached hydrogen (secondary N) is 1. The summed E-state index contributed by atoms with van der Waals surface area (Å²) in [5.41, 5.74) is 1.44. The summed E-state index contributed by atoms with van der Waals surface area (Å²) in [4.78, 5) is 12.5. The third-order valence-corrected chi connectivity index (χ3v) is 4.70. The van der Waals surface area contributed by atoms with Crippen LogP contribution in [0.25, 0.3) is 0 Å². The minimum Gasteiger partial charge on any atom is -0.467 e. The van der Waals surface area contributed by atoms with Gasteiger partial charge in [0.15, 0.2) is 0 Å². The third-order valence-electron chi connectivity index (χ3n) is 4.70. The van der Waals surface area contributed by atoms with Crippen LogP contribution in [0.15, 0.2) is 24.3 Å². The fourth-order valence-corrected chi connectivity index (χ4v) is 3.23. The lowest BCUT2D eigenvalue weighted by atomic mass is 9.63. The highest BCUT2D eigenvalue weighted by molar-refractivity contribution is 5.86. The van der Waals surface area contributed by atoms with Crippen molar-refractivity contribution in [1.29, 1.82) is 0 Å². The van der Waals surface area contributed by atoms with Crippen LogP contribution in [0.4, 0.5) is 5.69 Å². The fourth-order valence-electron chi connectivity index (χ4n) is 3.23. The fraction of sp³-hybridized carbons (Fsp3) is 0.588. The summed E-state index contributed by atoms with van der Waals surface area (Å²) in [6.45, 7) is 6.37. The minimum atomic E-state index is -0.630. The van der Waals surface area contributed by atoms with Crippen molar-refractivity contribution < 1.29 is 9.53 Å². The summed E-state index contributed by atoms with van der Waals surface area (Å²) in [7, 11) is 1.48. The van der Waals surface area contributed by atoms with Gasteiger partial charge in [-0.25, -0.2) is 4.79 Å². The Morgan fingerprint density at radius 1 is 1.15 bits per heavy atom. The molecule has 0 heterocycles. The van der Waals surface area contributed by atoms with E-state index >= 15 is 0 Å². The predicted molar refractivity (Wildman–Crippen MR) is 81.8 cm³/mol. The zero-order valence-corrected chi connectivity index (χ0v) is 13.0. The molecular formula is C17H25NO2. The number of carbonyl (C=O) groups excluding carboxylic acids is 1. The van der Waals surface area contributed by atoms with Crippen LogP contribution in [0.3, 0.4) is 0 Å². The Kier molecular flexibility index (Phi) is 4.07. The molecular weight excluding hydrogens is 250 g/mol. The predicted octanol–water partition coefficient (Wildman–Crippen LogP) is 3.92. The molecule has 1 atom stereocenters. The van der Waals surface area contributed by atoms with Crippen LogP contribution in [0.1, 0.15) is 45.1 Å². The Morgan fingerprint density at radius 3 is 2.30 bits per heavy atom. The van der Waals surface area contributed by atoms with Crippen LogP contribution in [-0.4, -0.2) is 18.6 Å². The Bertz CT molecular complexity index is 478. The van der Waals surface area contributed by atoms with Gasteiger partial charge < -0.3 is 10.1 Å². The van der Waals surface area contributed by atoms with Crippen molar-refractivity contribution in [2.75, 3.05) is 12.4 Å². The number of benzene rings is 1. The number of hydrogen-bond donors (Lipinski definition) is 1. The van der Waals surface area contributed by atoms with Crippen molar-refractivity contribution in [2.24, 2.45) is 5.41 Å². The van der Waals surface area contributed by atoms with E-state index in [2.05, 4.69) is 38.2 Å². The molecule has 0 amide bonds. The molecule has 1 aliphatic rings. The molecule has 3 nitrogen and oxygen atoms in total. The van der Waals surface area contributed by atoms with Gasteiger partial charge in [0.2, 0.25) is 0 Å². The van der Waals surface area contributed by atoms with E-state index < -0.39 is 5.54 Å². The number of rotatable bonds is 3. The number of anilines is 1. The quantitative estimate of drug-likeness (QED) is 0.850. The lowest BCUT2D eigenvalue weighted by Gasteiger charge is -2.48. The molecule has 0 aromatic heterocycles. The first-order valence-electron chi connectivity index (χ1n) is 7.34. The van der Waals surface area contributed by atoms with E-state index in [0.717, 1.165) is 24.9 Å². The van der Waals surface area contributed by atoms with E-state index in [-0.39, 0.29) is 11.4 Å². The summed E-state index contributed by atoms with van der Waals surface area (Å²) in [6.07, 6.45) is 4.07. The maximum absolute atomic E-state index is 12.5. The monoisotopic (exact) mass is 275 g/mol. The minimum absolute atomic E-state index is 0.122. The van der Waals surface area contributed by atoms with Crippen molar-refractivity contribution in [2.45, 2.75) is 52.0 Å². The van der Waals surface area contributed by atoms with E-state index in [0.29, 0.717) is 0 Å². The average molecular weight is 275 g/mol. The molecule has 0 radical (unpaired) electrons. The Morgan fingerprint density at radius 2 is 1.75 bits per heavy atom. The Balaban J connectivity index is 2.36. The van der Waals surface area contributed by atoms with Crippen LogP contribution in [0.2, 0.25) is 0 Å². The molecule has 1 aliphatic carbocycles. The van der Waals surface area contributed by atoms with Crippen LogP contribution in [0.5, 0.6) is 0 Å². The largest absolute Gasteiger partial charge is 0.467 e. The highest BCUT2D eigenvalue weighted by Gasteiger charge is 2.53. The molecule has 2 rings (SSSR count). The van der Waals surface area contributed by atoms with Crippen molar-refractivity contribution in [3.8, 4) is 0 Å². The molecule has 1 N–H and O–H groups in total. The normalized spacial score (nSPS) is 25.0. The van der Waals surface area contributed by atoms with Gasteiger partial charge in [-0.1, -0.05) is 44.4 Å². The van der Waals surface area contributed by atoms with E-state index in [4.69, 9.17) is 4.74 Å². The third kappa shape index (κ3) is 2.54. The average Bonchev–Trinajstić information content (AvgIpc) is 2.42. The highest BCUT2D eigenvalue weighted by atomic mass is 16.5. The maximum atomic E-state index is 12.5. The zero-order chi connectivity index (χ0) is 14.8. The molecule has 0 saturated heterocycles. The van der Waals surface area contributed by atoms with Gasteiger partial charge in [-0.2, -0.15) is 0 Å². The molecule has 0 spiro atoms. The van der Waals surface area contributed by atoms with Crippen molar-refractivity contribution in [3.05, 3.63) is 29.8 Å². The molecule has 1 aromatic carbocycles. The van der Waals surface area contributed by atoms with Gasteiger partial charge in [-0.3, -0.25) is 0 Å². The second-order valence-electron chi connectivity index (χ2n) is 6.48. The first kappa shape index (κ1) is 14.9. The number of aryl methyl sites for hydroxylation is 1. The van der Waals surface area contributed by atoms with Crippen LogP contribution >= 0.6 is 0 Å². The molecule has 0 aliphatic heterocycles. The zero-order valence-electron chi connectivity index (χ0n) is 13.0. The van der Waals surface area contributed by atoms with E-state index in [1.807, 2.05) is 12.1 Å². The summed E-state index contributed by atoms with van der Waals surface area (Å²) < 4.78 is 5.12. The van der Waals surface area contributed by atoms with E-state index in [9.17, 15) is 4.79 Å². The molecule has 3 heteroatoms. The van der Waals surface area contributed by atoms with Crippen molar-refractivity contribution in [1.82, 2.24) is 0 Å². The second-order valence-corrected chi connectivity index (χ2v) is 6.48. The smallest absolute Gasteiger partial charge is 0.332 e. The van der Waals surface area contributed by atoms with E-state index in [1.54, 1.807) is 0 Å². The Hall–Kier alpha value is -1.51. The SMILES string of the molecule is COC(=O)C1(Nc2ccc(C)cc2)CCCCC1(C)C. The molecule has 1 unspecified atom stereocenters. The molecule has 0 bridgehead atoms. The van der Waals surface area contributed by atoms with Gasteiger partial charge in [0.1, 0.15) is 5.54 Å². The number of carbonyl (C=O) groups is 1. The Labute approximate surface area is 121 Å². The summed E-state index contributed by atoms with van der Waals surface area (Å²) in [5.74, 6) is -0.150. The first-order chi connectivity index (χ1) is 9.41. The van der Waals surface area contributed by atoms with Crippen LogP contribution < -0.4 is 5.32 Å². The number of methoxy groups -OCH3 is 1. The van der Waals surface area contributed by atoms with Crippen LogP contribution in [-0.2, 0) is 9.53 Å². The van der Waals surface area contributed by atoms with Crippen molar-refractivity contribution in [3.63, 3.8) is 0 Å². The highest BCUT2D eigenvalue weighted by Crippen LogP contribution is 2.46. The van der Waals surface area contributed by atoms with Crippen LogP contribution in [0, 0.1) is 12.3 Å². The maximum Gasteiger partial charge on any atom is 0.332 e. The summed E-state index contributed by atoms with van der Waals surface area (Å²) in [5, 5.41) is 3.49. The standard InChI is InChI=1S/C17H25NO2/c1-13-7-9-14(10-8-13)18-17(15(19)20-4)12-6-5-11-16(17,2)3/h7-10,18H,5-6,11-12H2,1-4H3. The van der Waals surface area contributed by atoms with E-state index in [1.165, 1.54) is 19.1 Å². The van der Waals surface area contributed by atoms with Gasteiger partial charge >= 0.3 is 5.97 Å². The van der Waals surface area contributed by atoms with Gasteiger partial charge in [-0.15, -0.1) is 0 Å². The number of ether oxygens (including phenoxy) is 1. The van der Waals surface area contributed by atoms with Gasteiger partial charge in [0, 0.05) is 5.69 Å². The topological polar surface area (TPSA) is 38.3 Å². The first-order valence-corrected chi connectivity index (χ1v) is 7.34. The lowest BCUT2D eigenvalue weighted by Crippen LogP contribution is -2.59. The van der Waals surface area contributed by atoms with Crippen molar-refractivity contribution >= 4 is 11.7 Å². The van der Waals surface area contributed by atoms with Gasteiger partial charge in [-0.05, 0) is 37.3 Å². The number of esters is 1. The molecule has 1 saturated carbocycles.